The van der Waals surface area contributed by atoms with E-state index in [-0.39, 0.29) is 18.0 Å². The number of nitrogens with zero attached hydrogens (tertiary/aromatic N) is 1. The first kappa shape index (κ1) is 22.4. The Kier molecular flexibility index (Phi) is 6.37. The van der Waals surface area contributed by atoms with Crippen LogP contribution in [0.5, 0.6) is 5.75 Å². The lowest BCUT2D eigenvalue weighted by Crippen LogP contribution is -2.54. The van der Waals surface area contributed by atoms with Gasteiger partial charge in [0, 0.05) is 10.0 Å². The van der Waals surface area contributed by atoms with Crippen LogP contribution in [0.4, 0.5) is 14.9 Å². The molecule has 166 valence electrons. The second kappa shape index (κ2) is 9.38. The molecule has 1 aliphatic heterocycles. The molecule has 1 N–H and O–H groups in total. The van der Waals surface area contributed by atoms with Gasteiger partial charge in [0.15, 0.2) is 0 Å². The largest absolute Gasteiger partial charge is 0.489 e. The molecule has 3 aromatic carbocycles. The Bertz CT molecular complexity index is 1290. The maximum Gasteiger partial charge on any atom is 0.335 e. The van der Waals surface area contributed by atoms with E-state index in [4.69, 9.17) is 4.74 Å². The fourth-order valence-electron chi connectivity index (χ4n) is 3.26. The van der Waals surface area contributed by atoms with Crippen molar-refractivity contribution in [2.75, 3.05) is 4.90 Å². The van der Waals surface area contributed by atoms with Crippen LogP contribution in [-0.4, -0.2) is 17.8 Å². The van der Waals surface area contributed by atoms with Crippen LogP contribution in [-0.2, 0) is 16.2 Å². The zero-order chi connectivity index (χ0) is 23.5. The highest BCUT2D eigenvalue weighted by Gasteiger charge is 2.36. The van der Waals surface area contributed by atoms with Gasteiger partial charge >= 0.3 is 6.03 Å². The van der Waals surface area contributed by atoms with Crippen molar-refractivity contribution in [3.05, 3.63) is 99.3 Å². The minimum Gasteiger partial charge on any atom is -0.489 e. The summed E-state index contributed by atoms with van der Waals surface area (Å²) >= 11 is 3.38. The number of ether oxygens (including phenoxy) is 1. The number of barbiturate groups is 1. The van der Waals surface area contributed by atoms with E-state index in [9.17, 15) is 18.8 Å². The van der Waals surface area contributed by atoms with E-state index in [1.165, 1.54) is 12.1 Å². The summed E-state index contributed by atoms with van der Waals surface area (Å²) in [6, 6.07) is 17.2. The van der Waals surface area contributed by atoms with Gasteiger partial charge in [-0.3, -0.25) is 14.9 Å². The summed E-state index contributed by atoms with van der Waals surface area (Å²) in [5.41, 5.74) is 2.01. The number of carbonyl (C=O) groups is 3. The van der Waals surface area contributed by atoms with Crippen molar-refractivity contribution in [2.24, 2.45) is 0 Å². The molecule has 1 fully saturated rings. The molecule has 0 bridgehead atoms. The quantitative estimate of drug-likeness (QED) is 0.382. The van der Waals surface area contributed by atoms with E-state index < -0.39 is 17.8 Å². The fraction of sp³-hybridized carbons (Fsp3) is 0.0800. The average molecular weight is 509 g/mol. The van der Waals surface area contributed by atoms with E-state index in [0.29, 0.717) is 22.6 Å². The molecule has 1 heterocycles. The first-order valence-corrected chi connectivity index (χ1v) is 10.8. The highest BCUT2D eigenvalue weighted by Crippen LogP contribution is 2.26. The Morgan fingerprint density at radius 1 is 1.03 bits per heavy atom. The average Bonchev–Trinajstić information content (AvgIpc) is 2.79. The number of nitrogens with one attached hydrogen (secondary N) is 1. The fourth-order valence-corrected chi connectivity index (χ4v) is 3.51. The summed E-state index contributed by atoms with van der Waals surface area (Å²) in [4.78, 5) is 38.7. The first-order valence-electron chi connectivity index (χ1n) is 9.97. The van der Waals surface area contributed by atoms with Gasteiger partial charge in [0.1, 0.15) is 23.7 Å². The predicted molar refractivity (Wildman–Crippen MR) is 125 cm³/mol. The Hall–Kier alpha value is -3.78. The zero-order valence-corrected chi connectivity index (χ0v) is 19.1. The number of carbonyl (C=O) groups excluding carboxylic acids is 3. The molecule has 1 aliphatic rings. The highest BCUT2D eigenvalue weighted by molar-refractivity contribution is 9.10. The lowest BCUT2D eigenvalue weighted by atomic mass is 10.1. The third kappa shape index (κ3) is 4.85. The minimum atomic E-state index is -0.805. The molecule has 0 spiro atoms. The van der Waals surface area contributed by atoms with Crippen LogP contribution in [0.3, 0.4) is 0 Å². The number of aryl methyl sites for hydroxylation is 1. The lowest BCUT2D eigenvalue weighted by molar-refractivity contribution is -0.122. The van der Waals surface area contributed by atoms with Crippen molar-refractivity contribution in [3.8, 4) is 5.75 Å². The molecule has 8 heteroatoms. The predicted octanol–water partition coefficient (Wildman–Crippen LogP) is 5.14. The van der Waals surface area contributed by atoms with Crippen molar-refractivity contribution in [1.29, 1.82) is 0 Å². The molecule has 33 heavy (non-hydrogen) atoms. The van der Waals surface area contributed by atoms with Gasteiger partial charge in [0.25, 0.3) is 11.8 Å². The van der Waals surface area contributed by atoms with Crippen LogP contribution < -0.4 is 15.0 Å². The molecule has 4 rings (SSSR count). The number of hydrogen-bond acceptors (Lipinski definition) is 4. The van der Waals surface area contributed by atoms with Gasteiger partial charge in [0.05, 0.1) is 5.69 Å². The van der Waals surface area contributed by atoms with Gasteiger partial charge in [-0.15, -0.1) is 0 Å². The molecule has 0 unspecified atom stereocenters. The number of rotatable bonds is 5. The second-order valence-electron chi connectivity index (χ2n) is 7.34. The van der Waals surface area contributed by atoms with Crippen LogP contribution in [0.25, 0.3) is 6.08 Å². The van der Waals surface area contributed by atoms with Crippen LogP contribution in [0, 0.1) is 12.7 Å². The minimum absolute atomic E-state index is 0.0671. The van der Waals surface area contributed by atoms with Gasteiger partial charge < -0.3 is 4.74 Å². The molecular formula is C25H18BrFN2O4. The van der Waals surface area contributed by atoms with E-state index >= 15 is 0 Å². The van der Waals surface area contributed by atoms with E-state index in [2.05, 4.69) is 21.2 Å². The van der Waals surface area contributed by atoms with Gasteiger partial charge in [-0.25, -0.2) is 14.1 Å². The van der Waals surface area contributed by atoms with Gasteiger partial charge in [-0.05, 0) is 60.5 Å². The molecule has 0 aromatic heterocycles. The number of amides is 4. The summed E-state index contributed by atoms with van der Waals surface area (Å²) in [7, 11) is 0. The summed E-state index contributed by atoms with van der Waals surface area (Å²) in [6.45, 7) is 1.90. The van der Waals surface area contributed by atoms with Gasteiger partial charge in [0.2, 0.25) is 0 Å². The van der Waals surface area contributed by atoms with E-state index in [1.807, 2.05) is 6.92 Å². The Balaban J connectivity index is 1.53. The molecule has 0 saturated carbocycles. The van der Waals surface area contributed by atoms with Crippen molar-refractivity contribution in [2.45, 2.75) is 13.5 Å². The van der Waals surface area contributed by atoms with Crippen molar-refractivity contribution in [3.63, 3.8) is 0 Å². The molecule has 3 aromatic rings. The molecule has 4 amide bonds. The number of benzene rings is 3. The molecule has 1 saturated heterocycles. The monoisotopic (exact) mass is 508 g/mol. The Labute approximate surface area is 197 Å². The summed E-state index contributed by atoms with van der Waals surface area (Å²) in [6.07, 6.45) is 1.41. The van der Waals surface area contributed by atoms with Crippen LogP contribution in [0.1, 0.15) is 16.7 Å². The number of hydrogen-bond donors (Lipinski definition) is 1. The summed E-state index contributed by atoms with van der Waals surface area (Å²) in [5.74, 6) is -1.33. The zero-order valence-electron chi connectivity index (χ0n) is 17.5. The summed E-state index contributed by atoms with van der Waals surface area (Å²) < 4.78 is 20.2. The van der Waals surface area contributed by atoms with E-state index in [1.54, 1.807) is 60.7 Å². The van der Waals surface area contributed by atoms with E-state index in [0.717, 1.165) is 14.9 Å². The molecule has 0 atom stereocenters. The van der Waals surface area contributed by atoms with Gasteiger partial charge in [-0.2, -0.15) is 0 Å². The van der Waals surface area contributed by atoms with Crippen molar-refractivity contribution in [1.82, 2.24) is 5.32 Å². The Morgan fingerprint density at radius 3 is 2.45 bits per heavy atom. The standard InChI is InChI=1S/C25H18BrFN2O4/c1-15-12-18(8-11-21(15)26)29-24(31)20(23(30)28-25(29)32)13-16-6-9-19(10-7-16)33-14-17-4-2-3-5-22(17)27/h2-13H,14H2,1H3,(H,28,30,32)/b20-13+. The maximum atomic E-state index is 13.7. The maximum absolute atomic E-state index is 13.7. The Morgan fingerprint density at radius 2 is 1.76 bits per heavy atom. The number of urea groups is 1. The summed E-state index contributed by atoms with van der Waals surface area (Å²) in [5, 5.41) is 2.20. The normalized spacial score (nSPS) is 15.1. The lowest BCUT2D eigenvalue weighted by Gasteiger charge is -2.26. The highest BCUT2D eigenvalue weighted by atomic mass is 79.9. The van der Waals surface area contributed by atoms with Crippen LogP contribution in [0.2, 0.25) is 0 Å². The number of anilines is 1. The number of imide groups is 2. The molecular weight excluding hydrogens is 491 g/mol. The molecule has 0 aliphatic carbocycles. The SMILES string of the molecule is Cc1cc(N2C(=O)NC(=O)/C(=C\c3ccc(OCc4ccccc4F)cc3)C2=O)ccc1Br. The smallest absolute Gasteiger partial charge is 0.335 e. The topological polar surface area (TPSA) is 75.7 Å². The molecule has 0 radical (unpaired) electrons. The third-order valence-electron chi connectivity index (χ3n) is 5.04. The van der Waals surface area contributed by atoms with Gasteiger partial charge in [-0.1, -0.05) is 46.3 Å². The van der Waals surface area contributed by atoms with Crippen molar-refractivity contribution >= 4 is 45.5 Å². The molecule has 6 nitrogen and oxygen atoms in total. The van der Waals surface area contributed by atoms with Crippen LogP contribution >= 0.6 is 15.9 Å². The third-order valence-corrected chi connectivity index (χ3v) is 5.93. The van der Waals surface area contributed by atoms with Crippen molar-refractivity contribution < 1.29 is 23.5 Å². The number of halogens is 2. The first-order chi connectivity index (χ1) is 15.8. The second-order valence-corrected chi connectivity index (χ2v) is 8.19. The van der Waals surface area contributed by atoms with Crippen LogP contribution in [0.15, 0.2) is 76.8 Å².